The first kappa shape index (κ1) is 37.1. The van der Waals surface area contributed by atoms with Crippen molar-refractivity contribution in [2.24, 2.45) is 0 Å². The van der Waals surface area contributed by atoms with E-state index in [9.17, 15) is 0 Å². The average Bonchev–Trinajstić information content (AvgIpc) is 3.63. The number of anilines is 3. The van der Waals surface area contributed by atoms with E-state index >= 15 is 0 Å². The number of nitrogens with zero attached hydrogens (tertiary/aromatic N) is 1. The smallest absolute Gasteiger partial charge is 0.0714 e. The Morgan fingerprint density at radius 2 is 0.951 bits per heavy atom. The van der Waals surface area contributed by atoms with Gasteiger partial charge in [0.2, 0.25) is 0 Å². The average molecular weight is 784 g/mol. The van der Waals surface area contributed by atoms with E-state index in [2.05, 4.69) is 224 Å². The van der Waals surface area contributed by atoms with Crippen LogP contribution in [0.4, 0.5) is 17.1 Å². The van der Waals surface area contributed by atoms with Crippen LogP contribution in [0.1, 0.15) is 71.4 Å². The van der Waals surface area contributed by atoms with Crippen LogP contribution in [0.15, 0.2) is 212 Å². The normalized spacial score (nSPS) is 14.4. The molecule has 0 aromatic heterocycles. The zero-order valence-corrected chi connectivity index (χ0v) is 34.8. The number of hydrogen-bond donors (Lipinski definition) is 0. The van der Waals surface area contributed by atoms with Gasteiger partial charge in [0.1, 0.15) is 0 Å². The molecule has 11 rings (SSSR count). The highest BCUT2D eigenvalue weighted by Crippen LogP contribution is 2.57. The molecule has 0 spiro atoms. The van der Waals surface area contributed by atoms with Gasteiger partial charge in [0.05, 0.1) is 11.1 Å². The van der Waals surface area contributed by atoms with Gasteiger partial charge in [0.15, 0.2) is 0 Å². The molecule has 0 radical (unpaired) electrons. The zero-order valence-electron chi connectivity index (χ0n) is 34.8. The number of fused-ring (bicyclic) bond motifs is 4. The van der Waals surface area contributed by atoms with Gasteiger partial charge in [-0.3, -0.25) is 0 Å². The standard InChI is InChI=1S/C60H49N/c1-42-17-11-14-26-53(42)56-39-47-20-12-13-21-48(47)40-59(56)61(51-35-33-46(34-36-51)45-31-29-44(30-32-45)43-18-5-2-6-19-43)52-37-38-55-54-27-15-16-28-57(54)60(58(55)41-52,49-22-7-3-8-23-49)50-24-9-4-10-25-50/h3-4,7-17,20-41,43H,2,5-6,18-19H2,1H3. The van der Waals surface area contributed by atoms with E-state index in [1.165, 1.54) is 110 Å². The van der Waals surface area contributed by atoms with Gasteiger partial charge in [-0.2, -0.15) is 0 Å². The molecule has 0 bridgehead atoms. The number of aryl methyl sites for hydroxylation is 1. The Bertz CT molecular complexity index is 2950. The van der Waals surface area contributed by atoms with Crippen molar-refractivity contribution in [2.45, 2.75) is 50.4 Å². The lowest BCUT2D eigenvalue weighted by molar-refractivity contribution is 0.443. The van der Waals surface area contributed by atoms with E-state index in [4.69, 9.17) is 0 Å². The van der Waals surface area contributed by atoms with Crippen molar-refractivity contribution in [1.29, 1.82) is 0 Å². The first-order chi connectivity index (χ1) is 30.2. The number of hydrogen-bond acceptors (Lipinski definition) is 1. The molecule has 9 aromatic rings. The van der Waals surface area contributed by atoms with Crippen LogP contribution in [0, 0.1) is 6.92 Å². The zero-order chi connectivity index (χ0) is 40.8. The summed E-state index contributed by atoms with van der Waals surface area (Å²) in [6, 6.07) is 79.6. The molecule has 0 N–H and O–H groups in total. The van der Waals surface area contributed by atoms with E-state index < -0.39 is 5.41 Å². The largest absolute Gasteiger partial charge is 0.310 e. The van der Waals surface area contributed by atoms with Gasteiger partial charge in [-0.05, 0) is 134 Å². The topological polar surface area (TPSA) is 3.24 Å². The lowest BCUT2D eigenvalue weighted by Gasteiger charge is -2.35. The van der Waals surface area contributed by atoms with Gasteiger partial charge >= 0.3 is 0 Å². The van der Waals surface area contributed by atoms with Crippen LogP contribution in [0.3, 0.4) is 0 Å². The highest BCUT2D eigenvalue weighted by molar-refractivity contribution is 5.99. The third kappa shape index (κ3) is 6.39. The van der Waals surface area contributed by atoms with Crippen molar-refractivity contribution in [3.8, 4) is 33.4 Å². The fraction of sp³-hybridized carbons (Fsp3) is 0.133. The van der Waals surface area contributed by atoms with Gasteiger partial charge in [-0.1, -0.05) is 195 Å². The van der Waals surface area contributed by atoms with Gasteiger partial charge in [-0.25, -0.2) is 0 Å². The fourth-order valence-corrected chi connectivity index (χ4v) is 10.7. The van der Waals surface area contributed by atoms with E-state index in [0.717, 1.165) is 17.1 Å². The number of benzene rings is 9. The molecule has 0 aliphatic heterocycles. The van der Waals surface area contributed by atoms with Crippen LogP contribution in [0.25, 0.3) is 44.2 Å². The van der Waals surface area contributed by atoms with Crippen molar-refractivity contribution in [2.75, 3.05) is 4.90 Å². The SMILES string of the molecule is Cc1ccccc1-c1cc2ccccc2cc1N(c1ccc(-c2ccc(C3CCCCC3)cc2)cc1)c1ccc2c(c1)C(c1ccccc1)(c1ccccc1)c1ccccc1-2. The van der Waals surface area contributed by atoms with Crippen LogP contribution < -0.4 is 4.90 Å². The Kier molecular flexibility index (Phi) is 9.46. The Balaban J connectivity index is 1.13. The maximum atomic E-state index is 2.51. The molecule has 1 saturated carbocycles. The predicted octanol–water partition coefficient (Wildman–Crippen LogP) is 16.4. The van der Waals surface area contributed by atoms with Crippen molar-refractivity contribution < 1.29 is 0 Å². The van der Waals surface area contributed by atoms with Crippen LogP contribution in [0.5, 0.6) is 0 Å². The molecule has 294 valence electrons. The summed E-state index contributed by atoms with van der Waals surface area (Å²) in [6.45, 7) is 2.23. The maximum absolute atomic E-state index is 2.51. The quantitative estimate of drug-likeness (QED) is 0.148. The van der Waals surface area contributed by atoms with Gasteiger partial charge in [0.25, 0.3) is 0 Å². The Hall–Kier alpha value is -6.96. The van der Waals surface area contributed by atoms with E-state index in [-0.39, 0.29) is 0 Å². The van der Waals surface area contributed by atoms with Crippen LogP contribution in [-0.4, -0.2) is 0 Å². The fourth-order valence-electron chi connectivity index (χ4n) is 10.7. The summed E-state index contributed by atoms with van der Waals surface area (Å²) in [7, 11) is 0. The summed E-state index contributed by atoms with van der Waals surface area (Å²) >= 11 is 0. The summed E-state index contributed by atoms with van der Waals surface area (Å²) in [6.07, 6.45) is 6.71. The minimum absolute atomic E-state index is 0.508. The Labute approximate surface area is 360 Å². The molecule has 2 aliphatic rings. The van der Waals surface area contributed by atoms with Crippen molar-refractivity contribution in [3.05, 3.63) is 246 Å². The second-order valence-electron chi connectivity index (χ2n) is 17.1. The van der Waals surface area contributed by atoms with E-state index in [0.29, 0.717) is 5.92 Å². The highest BCUT2D eigenvalue weighted by atomic mass is 15.1. The monoisotopic (exact) mass is 783 g/mol. The highest BCUT2D eigenvalue weighted by Gasteiger charge is 2.46. The third-order valence-electron chi connectivity index (χ3n) is 13.7. The molecule has 1 fully saturated rings. The Morgan fingerprint density at radius 3 is 1.62 bits per heavy atom. The third-order valence-corrected chi connectivity index (χ3v) is 13.7. The molecule has 0 amide bonds. The molecule has 0 saturated heterocycles. The molecule has 0 heterocycles. The molecule has 1 heteroatoms. The second-order valence-corrected chi connectivity index (χ2v) is 17.1. The molecular formula is C60H49N. The van der Waals surface area contributed by atoms with Gasteiger partial charge in [-0.15, -0.1) is 0 Å². The summed E-state index contributed by atoms with van der Waals surface area (Å²) < 4.78 is 0. The lowest BCUT2D eigenvalue weighted by Crippen LogP contribution is -2.28. The van der Waals surface area contributed by atoms with E-state index in [1.807, 2.05) is 0 Å². The van der Waals surface area contributed by atoms with Crippen LogP contribution in [0.2, 0.25) is 0 Å². The van der Waals surface area contributed by atoms with Crippen LogP contribution >= 0.6 is 0 Å². The molecule has 0 unspecified atom stereocenters. The number of rotatable bonds is 8. The first-order valence-electron chi connectivity index (χ1n) is 22.1. The molecule has 2 aliphatic carbocycles. The predicted molar refractivity (Wildman–Crippen MR) is 257 cm³/mol. The summed E-state index contributed by atoms with van der Waals surface area (Å²) in [5.41, 5.74) is 18.3. The first-order valence-corrected chi connectivity index (χ1v) is 22.1. The lowest BCUT2D eigenvalue weighted by atomic mass is 9.67. The van der Waals surface area contributed by atoms with Crippen molar-refractivity contribution >= 4 is 27.8 Å². The summed E-state index contributed by atoms with van der Waals surface area (Å²) in [5, 5.41) is 2.44. The van der Waals surface area contributed by atoms with Crippen molar-refractivity contribution in [1.82, 2.24) is 0 Å². The van der Waals surface area contributed by atoms with Gasteiger partial charge in [0, 0.05) is 16.9 Å². The van der Waals surface area contributed by atoms with E-state index in [1.54, 1.807) is 0 Å². The molecular weight excluding hydrogens is 735 g/mol. The second kappa shape index (κ2) is 15.6. The van der Waals surface area contributed by atoms with Crippen molar-refractivity contribution in [3.63, 3.8) is 0 Å². The summed E-state index contributed by atoms with van der Waals surface area (Å²) in [5.74, 6) is 0.700. The van der Waals surface area contributed by atoms with Gasteiger partial charge < -0.3 is 4.90 Å². The molecule has 61 heavy (non-hydrogen) atoms. The molecule has 9 aromatic carbocycles. The summed E-state index contributed by atoms with van der Waals surface area (Å²) in [4.78, 5) is 2.51. The molecule has 0 atom stereocenters. The van der Waals surface area contributed by atoms with Crippen LogP contribution in [-0.2, 0) is 5.41 Å². The molecule has 1 nitrogen and oxygen atoms in total. The maximum Gasteiger partial charge on any atom is 0.0714 e. The minimum atomic E-state index is -0.508. The Morgan fingerprint density at radius 1 is 0.410 bits per heavy atom. The minimum Gasteiger partial charge on any atom is -0.310 e.